The molecule has 2 fully saturated rings. The first-order valence-electron chi connectivity index (χ1n) is 6.66. The SMILES string of the molecule is CC1CCCC(O)(C2(N)CCC(F)(F)CC2)C1. The third-order valence-electron chi connectivity index (χ3n) is 4.77. The third kappa shape index (κ3) is 2.48. The van der Waals surface area contributed by atoms with Gasteiger partial charge in [-0.05, 0) is 31.6 Å². The fourth-order valence-electron chi connectivity index (χ4n) is 3.50. The molecule has 2 atom stereocenters. The first kappa shape index (κ1) is 13.2. The van der Waals surface area contributed by atoms with E-state index < -0.39 is 17.1 Å². The van der Waals surface area contributed by atoms with Crippen LogP contribution in [0.5, 0.6) is 0 Å². The molecule has 2 unspecified atom stereocenters. The van der Waals surface area contributed by atoms with Crippen LogP contribution in [-0.2, 0) is 0 Å². The molecule has 0 aliphatic heterocycles. The van der Waals surface area contributed by atoms with E-state index in [4.69, 9.17) is 5.73 Å². The van der Waals surface area contributed by atoms with Gasteiger partial charge in [0.2, 0.25) is 5.92 Å². The minimum Gasteiger partial charge on any atom is -0.388 e. The van der Waals surface area contributed by atoms with E-state index in [9.17, 15) is 13.9 Å². The standard InChI is InChI=1S/C13H23F2NO/c1-10-3-2-4-12(17,9-10)11(16)5-7-13(14,15)8-6-11/h10,17H,2-9,16H2,1H3. The number of nitrogens with two attached hydrogens (primary N) is 1. The van der Waals surface area contributed by atoms with Crippen molar-refractivity contribution in [2.24, 2.45) is 11.7 Å². The summed E-state index contributed by atoms with van der Waals surface area (Å²) in [5, 5.41) is 10.7. The predicted octanol–water partition coefficient (Wildman–Crippen LogP) is 2.83. The van der Waals surface area contributed by atoms with E-state index in [0.717, 1.165) is 12.8 Å². The van der Waals surface area contributed by atoms with Gasteiger partial charge in [-0.3, -0.25) is 0 Å². The third-order valence-corrected chi connectivity index (χ3v) is 4.77. The minimum absolute atomic E-state index is 0.180. The van der Waals surface area contributed by atoms with Crippen LogP contribution in [0.1, 0.15) is 58.3 Å². The summed E-state index contributed by atoms with van der Waals surface area (Å²) in [4.78, 5) is 0. The molecule has 0 aromatic carbocycles. The first-order valence-corrected chi connectivity index (χ1v) is 6.66. The van der Waals surface area contributed by atoms with Crippen LogP contribution in [-0.4, -0.2) is 22.2 Å². The molecule has 3 N–H and O–H groups in total. The second-order valence-electron chi connectivity index (χ2n) is 6.25. The Hall–Kier alpha value is -0.220. The van der Waals surface area contributed by atoms with Crippen molar-refractivity contribution in [3.63, 3.8) is 0 Å². The number of halogens is 2. The molecule has 0 spiro atoms. The zero-order chi connectivity index (χ0) is 12.7. The lowest BCUT2D eigenvalue weighted by atomic mass is 9.62. The summed E-state index contributed by atoms with van der Waals surface area (Å²) in [6, 6.07) is 0. The maximum atomic E-state index is 13.2. The molecule has 17 heavy (non-hydrogen) atoms. The highest BCUT2D eigenvalue weighted by Crippen LogP contribution is 2.47. The molecule has 0 aromatic rings. The summed E-state index contributed by atoms with van der Waals surface area (Å²) >= 11 is 0. The molecule has 2 rings (SSSR count). The van der Waals surface area contributed by atoms with Gasteiger partial charge in [-0.15, -0.1) is 0 Å². The largest absolute Gasteiger partial charge is 0.388 e. The normalized spacial score (nSPS) is 41.1. The predicted molar refractivity (Wildman–Crippen MR) is 62.9 cm³/mol. The molecule has 0 saturated heterocycles. The van der Waals surface area contributed by atoms with Crippen molar-refractivity contribution in [3.8, 4) is 0 Å². The lowest BCUT2D eigenvalue weighted by molar-refractivity contribution is -0.126. The van der Waals surface area contributed by atoms with Gasteiger partial charge in [0, 0.05) is 18.4 Å². The van der Waals surface area contributed by atoms with Gasteiger partial charge in [-0.25, -0.2) is 8.78 Å². The Kier molecular flexibility index (Phi) is 3.24. The van der Waals surface area contributed by atoms with E-state index in [1.54, 1.807) is 0 Å². The van der Waals surface area contributed by atoms with Crippen LogP contribution in [0, 0.1) is 5.92 Å². The second kappa shape index (κ2) is 4.16. The lowest BCUT2D eigenvalue weighted by Crippen LogP contribution is -2.64. The Bertz CT molecular complexity index is 285. The van der Waals surface area contributed by atoms with Gasteiger partial charge in [-0.1, -0.05) is 19.8 Å². The lowest BCUT2D eigenvalue weighted by Gasteiger charge is -2.51. The highest BCUT2D eigenvalue weighted by Gasteiger charge is 2.53. The van der Waals surface area contributed by atoms with Crippen LogP contribution in [0.2, 0.25) is 0 Å². The fourth-order valence-corrected chi connectivity index (χ4v) is 3.50. The highest BCUT2D eigenvalue weighted by atomic mass is 19.3. The Morgan fingerprint density at radius 1 is 1.12 bits per heavy atom. The molecule has 0 amide bonds. The summed E-state index contributed by atoms with van der Waals surface area (Å²) in [6.45, 7) is 2.10. The number of rotatable bonds is 1. The van der Waals surface area contributed by atoms with Gasteiger partial charge in [0.1, 0.15) is 0 Å². The zero-order valence-corrected chi connectivity index (χ0v) is 10.5. The van der Waals surface area contributed by atoms with Crippen molar-refractivity contribution in [1.82, 2.24) is 0 Å². The molecular weight excluding hydrogens is 224 g/mol. The van der Waals surface area contributed by atoms with Crippen LogP contribution < -0.4 is 5.73 Å². The van der Waals surface area contributed by atoms with Gasteiger partial charge in [0.15, 0.2) is 0 Å². The molecule has 0 radical (unpaired) electrons. The molecule has 100 valence electrons. The number of aliphatic hydroxyl groups is 1. The molecule has 2 aliphatic carbocycles. The van der Waals surface area contributed by atoms with Crippen molar-refractivity contribution in [2.75, 3.05) is 0 Å². The summed E-state index contributed by atoms with van der Waals surface area (Å²) in [5.74, 6) is -2.14. The molecule has 2 saturated carbocycles. The quantitative estimate of drug-likeness (QED) is 0.748. The molecule has 2 nitrogen and oxygen atoms in total. The Balaban J connectivity index is 2.10. The summed E-state index contributed by atoms with van der Waals surface area (Å²) in [7, 11) is 0. The Morgan fingerprint density at radius 2 is 1.71 bits per heavy atom. The summed E-state index contributed by atoms with van der Waals surface area (Å²) < 4.78 is 26.4. The van der Waals surface area contributed by atoms with Gasteiger partial charge in [0.05, 0.1) is 5.60 Å². The fraction of sp³-hybridized carbons (Fsp3) is 1.00. The summed E-state index contributed by atoms with van der Waals surface area (Å²) in [5.41, 5.74) is 4.54. The minimum atomic E-state index is -2.58. The Labute approximate surface area is 102 Å². The van der Waals surface area contributed by atoms with Crippen molar-refractivity contribution in [3.05, 3.63) is 0 Å². The van der Waals surface area contributed by atoms with Crippen LogP contribution >= 0.6 is 0 Å². The van der Waals surface area contributed by atoms with E-state index in [2.05, 4.69) is 6.92 Å². The van der Waals surface area contributed by atoms with Gasteiger partial charge < -0.3 is 10.8 Å². The van der Waals surface area contributed by atoms with E-state index in [0.29, 0.717) is 18.8 Å². The van der Waals surface area contributed by atoms with Crippen molar-refractivity contribution in [2.45, 2.75) is 75.4 Å². The highest BCUT2D eigenvalue weighted by molar-refractivity contribution is 5.08. The second-order valence-corrected chi connectivity index (χ2v) is 6.25. The van der Waals surface area contributed by atoms with Crippen molar-refractivity contribution >= 4 is 0 Å². The Morgan fingerprint density at radius 3 is 2.24 bits per heavy atom. The van der Waals surface area contributed by atoms with Gasteiger partial charge >= 0.3 is 0 Å². The number of hydrogen-bond acceptors (Lipinski definition) is 2. The summed E-state index contributed by atoms with van der Waals surface area (Å²) in [6.07, 6.45) is 3.50. The number of alkyl halides is 2. The van der Waals surface area contributed by atoms with Crippen LogP contribution in [0.4, 0.5) is 8.78 Å². The maximum absolute atomic E-state index is 13.2. The van der Waals surface area contributed by atoms with Crippen LogP contribution in [0.15, 0.2) is 0 Å². The van der Waals surface area contributed by atoms with Crippen molar-refractivity contribution in [1.29, 1.82) is 0 Å². The van der Waals surface area contributed by atoms with Gasteiger partial charge in [-0.2, -0.15) is 0 Å². The topological polar surface area (TPSA) is 46.2 Å². The molecule has 0 bridgehead atoms. The smallest absolute Gasteiger partial charge is 0.248 e. The molecule has 0 aromatic heterocycles. The molecule has 2 aliphatic rings. The molecule has 4 heteroatoms. The average molecular weight is 247 g/mol. The molecule has 0 heterocycles. The van der Waals surface area contributed by atoms with E-state index in [1.807, 2.05) is 0 Å². The molecular formula is C13H23F2NO. The van der Waals surface area contributed by atoms with E-state index in [-0.39, 0.29) is 25.7 Å². The van der Waals surface area contributed by atoms with E-state index >= 15 is 0 Å². The average Bonchev–Trinajstić information content (AvgIpc) is 2.22. The van der Waals surface area contributed by atoms with E-state index in [1.165, 1.54) is 0 Å². The number of hydrogen-bond donors (Lipinski definition) is 2. The van der Waals surface area contributed by atoms with Crippen molar-refractivity contribution < 1.29 is 13.9 Å². The monoisotopic (exact) mass is 247 g/mol. The van der Waals surface area contributed by atoms with Crippen LogP contribution in [0.3, 0.4) is 0 Å². The zero-order valence-electron chi connectivity index (χ0n) is 10.5. The van der Waals surface area contributed by atoms with Gasteiger partial charge in [0.25, 0.3) is 0 Å². The van der Waals surface area contributed by atoms with Crippen LogP contribution in [0.25, 0.3) is 0 Å². The maximum Gasteiger partial charge on any atom is 0.248 e. The first-order chi connectivity index (χ1) is 7.77.